The van der Waals surface area contributed by atoms with Gasteiger partial charge in [0.1, 0.15) is 12.1 Å². The summed E-state index contributed by atoms with van der Waals surface area (Å²) in [6.07, 6.45) is 1.33. The standard InChI is InChI=1S/C22H17ClN4O4/c1-30-20-10-15-18(11-19(20)28)24-12-25-21(15)31-14-7-8-17(16(23)9-14)27-22(29)26-13-5-3-2-4-6-13/h2-12,28H,1H3,(H2,26,27,29). The first-order valence-corrected chi connectivity index (χ1v) is 9.53. The second-order valence-corrected chi connectivity index (χ2v) is 6.82. The molecule has 4 rings (SSSR count). The number of fused-ring (bicyclic) bond motifs is 1. The number of phenols is 1. The van der Waals surface area contributed by atoms with Gasteiger partial charge in [-0.15, -0.1) is 0 Å². The Bertz CT molecular complexity index is 1250. The highest BCUT2D eigenvalue weighted by molar-refractivity contribution is 6.34. The van der Waals surface area contributed by atoms with Gasteiger partial charge in [0.15, 0.2) is 11.5 Å². The Morgan fingerprint density at radius 1 is 1.03 bits per heavy atom. The van der Waals surface area contributed by atoms with E-state index in [1.807, 2.05) is 18.2 Å². The number of hydrogen-bond acceptors (Lipinski definition) is 6. The van der Waals surface area contributed by atoms with Gasteiger partial charge in [-0.25, -0.2) is 14.8 Å². The Kier molecular flexibility index (Phi) is 5.72. The van der Waals surface area contributed by atoms with Gasteiger partial charge in [-0.2, -0.15) is 0 Å². The topological polar surface area (TPSA) is 106 Å². The van der Waals surface area contributed by atoms with E-state index in [1.54, 1.807) is 36.4 Å². The summed E-state index contributed by atoms with van der Waals surface area (Å²) < 4.78 is 11.0. The molecule has 0 radical (unpaired) electrons. The summed E-state index contributed by atoms with van der Waals surface area (Å²) in [6.45, 7) is 0. The lowest BCUT2D eigenvalue weighted by Gasteiger charge is -2.12. The van der Waals surface area contributed by atoms with E-state index in [-0.39, 0.29) is 22.4 Å². The van der Waals surface area contributed by atoms with Crippen molar-refractivity contribution in [3.63, 3.8) is 0 Å². The van der Waals surface area contributed by atoms with Gasteiger partial charge in [0.05, 0.1) is 28.7 Å². The van der Waals surface area contributed by atoms with Gasteiger partial charge in [0.25, 0.3) is 0 Å². The number of rotatable bonds is 5. The van der Waals surface area contributed by atoms with E-state index in [0.717, 1.165) is 0 Å². The molecule has 4 aromatic rings. The molecular weight excluding hydrogens is 420 g/mol. The predicted molar refractivity (Wildman–Crippen MR) is 118 cm³/mol. The summed E-state index contributed by atoms with van der Waals surface area (Å²) in [4.78, 5) is 20.5. The zero-order valence-corrected chi connectivity index (χ0v) is 17.1. The summed E-state index contributed by atoms with van der Waals surface area (Å²) in [5.41, 5.74) is 1.57. The molecule has 31 heavy (non-hydrogen) atoms. The fourth-order valence-electron chi connectivity index (χ4n) is 2.87. The second kappa shape index (κ2) is 8.76. The molecule has 0 atom stereocenters. The maximum Gasteiger partial charge on any atom is 0.323 e. The summed E-state index contributed by atoms with van der Waals surface area (Å²) in [5.74, 6) is 0.911. The number of nitrogens with zero attached hydrogens (tertiary/aromatic N) is 2. The fraction of sp³-hybridized carbons (Fsp3) is 0.0455. The Hall–Kier alpha value is -4.04. The number of para-hydroxylation sites is 1. The number of phenolic OH excluding ortho intramolecular Hbond substituents is 1. The zero-order chi connectivity index (χ0) is 21.8. The number of amides is 2. The summed E-state index contributed by atoms with van der Waals surface area (Å²) in [7, 11) is 1.45. The van der Waals surface area contributed by atoms with Crippen molar-refractivity contribution in [3.05, 3.63) is 72.0 Å². The first-order chi connectivity index (χ1) is 15.0. The van der Waals surface area contributed by atoms with Gasteiger partial charge >= 0.3 is 6.03 Å². The third kappa shape index (κ3) is 4.59. The quantitative estimate of drug-likeness (QED) is 0.385. The molecule has 0 aliphatic rings. The number of anilines is 2. The second-order valence-electron chi connectivity index (χ2n) is 6.41. The predicted octanol–water partition coefficient (Wildman–Crippen LogP) is 5.43. The van der Waals surface area contributed by atoms with Crippen LogP contribution in [0.3, 0.4) is 0 Å². The van der Waals surface area contributed by atoms with Gasteiger partial charge in [-0.05, 0) is 30.3 Å². The van der Waals surface area contributed by atoms with Crippen molar-refractivity contribution < 1.29 is 19.4 Å². The molecule has 156 valence electrons. The highest BCUT2D eigenvalue weighted by Crippen LogP contribution is 2.36. The molecule has 8 nitrogen and oxygen atoms in total. The minimum atomic E-state index is -0.421. The van der Waals surface area contributed by atoms with Crippen molar-refractivity contribution in [1.82, 2.24) is 9.97 Å². The smallest absolute Gasteiger partial charge is 0.323 e. The third-order valence-electron chi connectivity index (χ3n) is 4.33. The average Bonchev–Trinajstić information content (AvgIpc) is 2.76. The van der Waals surface area contributed by atoms with Crippen LogP contribution in [0.1, 0.15) is 0 Å². The Balaban J connectivity index is 1.53. The lowest BCUT2D eigenvalue weighted by Crippen LogP contribution is -2.19. The largest absolute Gasteiger partial charge is 0.504 e. The molecule has 0 fully saturated rings. The number of benzene rings is 3. The Labute approximate surface area is 182 Å². The molecule has 0 aliphatic heterocycles. The van der Waals surface area contributed by atoms with Gasteiger partial charge in [0.2, 0.25) is 5.88 Å². The van der Waals surface area contributed by atoms with Crippen LogP contribution in [0, 0.1) is 0 Å². The number of carbonyl (C=O) groups excluding carboxylic acids is 1. The number of urea groups is 1. The highest BCUT2D eigenvalue weighted by Gasteiger charge is 2.13. The van der Waals surface area contributed by atoms with Crippen molar-refractivity contribution in [2.24, 2.45) is 0 Å². The molecule has 0 saturated carbocycles. The van der Waals surface area contributed by atoms with E-state index in [1.165, 1.54) is 19.5 Å². The first kappa shape index (κ1) is 20.2. The maximum atomic E-state index is 12.2. The fourth-order valence-corrected chi connectivity index (χ4v) is 3.09. The molecule has 9 heteroatoms. The molecule has 0 saturated heterocycles. The number of nitrogens with one attached hydrogen (secondary N) is 2. The molecule has 0 aliphatic carbocycles. The molecular formula is C22H17ClN4O4. The number of hydrogen-bond donors (Lipinski definition) is 3. The van der Waals surface area contributed by atoms with Crippen LogP contribution in [-0.4, -0.2) is 28.2 Å². The molecule has 2 amide bonds. The van der Waals surface area contributed by atoms with Crippen molar-refractivity contribution >= 4 is 39.9 Å². The van der Waals surface area contributed by atoms with E-state index >= 15 is 0 Å². The average molecular weight is 437 g/mol. The molecule has 1 aromatic heterocycles. The van der Waals surface area contributed by atoms with Crippen molar-refractivity contribution in [2.45, 2.75) is 0 Å². The van der Waals surface area contributed by atoms with Crippen molar-refractivity contribution in [1.29, 1.82) is 0 Å². The number of ether oxygens (including phenoxy) is 2. The summed E-state index contributed by atoms with van der Waals surface area (Å²) >= 11 is 6.32. The summed E-state index contributed by atoms with van der Waals surface area (Å²) in [5, 5.41) is 16.2. The Morgan fingerprint density at radius 3 is 2.58 bits per heavy atom. The van der Waals surface area contributed by atoms with Crippen LogP contribution in [0.2, 0.25) is 5.02 Å². The molecule has 0 unspecified atom stereocenters. The lowest BCUT2D eigenvalue weighted by atomic mass is 10.2. The van der Waals surface area contributed by atoms with Crippen molar-refractivity contribution in [2.75, 3.05) is 17.7 Å². The van der Waals surface area contributed by atoms with E-state index in [4.69, 9.17) is 21.1 Å². The number of halogens is 1. The van der Waals surface area contributed by atoms with E-state index < -0.39 is 6.03 Å². The number of carbonyl (C=O) groups is 1. The van der Waals surface area contributed by atoms with Crippen LogP contribution < -0.4 is 20.1 Å². The van der Waals surface area contributed by atoms with Crippen LogP contribution in [0.15, 0.2) is 67.0 Å². The van der Waals surface area contributed by atoms with Crippen LogP contribution in [0.5, 0.6) is 23.1 Å². The van der Waals surface area contributed by atoms with Gasteiger partial charge in [-0.3, -0.25) is 0 Å². The molecule has 3 N–H and O–H groups in total. The van der Waals surface area contributed by atoms with Gasteiger partial charge in [0, 0.05) is 17.8 Å². The minimum absolute atomic E-state index is 0.0353. The highest BCUT2D eigenvalue weighted by atomic mass is 35.5. The van der Waals surface area contributed by atoms with Gasteiger partial charge < -0.3 is 25.2 Å². The summed E-state index contributed by atoms with van der Waals surface area (Å²) in [6, 6.07) is 16.5. The SMILES string of the molecule is COc1cc2c(Oc3ccc(NC(=O)Nc4ccccc4)c(Cl)c3)ncnc2cc1O. The van der Waals surface area contributed by atoms with E-state index in [0.29, 0.717) is 28.0 Å². The molecule has 3 aromatic carbocycles. The van der Waals surface area contributed by atoms with Crippen LogP contribution >= 0.6 is 11.6 Å². The lowest BCUT2D eigenvalue weighted by molar-refractivity contribution is 0.262. The molecule has 1 heterocycles. The van der Waals surface area contributed by atoms with Crippen molar-refractivity contribution in [3.8, 4) is 23.1 Å². The third-order valence-corrected chi connectivity index (χ3v) is 4.65. The molecule has 0 spiro atoms. The number of aromatic hydroxyl groups is 1. The number of aromatic nitrogens is 2. The molecule has 0 bridgehead atoms. The van der Waals surface area contributed by atoms with Crippen LogP contribution in [-0.2, 0) is 0 Å². The number of methoxy groups -OCH3 is 1. The van der Waals surface area contributed by atoms with E-state index in [9.17, 15) is 9.90 Å². The van der Waals surface area contributed by atoms with Crippen LogP contribution in [0.25, 0.3) is 10.9 Å². The Morgan fingerprint density at radius 2 is 1.84 bits per heavy atom. The first-order valence-electron chi connectivity index (χ1n) is 9.15. The zero-order valence-electron chi connectivity index (χ0n) is 16.3. The van der Waals surface area contributed by atoms with Gasteiger partial charge in [-0.1, -0.05) is 29.8 Å². The van der Waals surface area contributed by atoms with Crippen LogP contribution in [0.4, 0.5) is 16.2 Å². The maximum absolute atomic E-state index is 12.2. The van der Waals surface area contributed by atoms with E-state index in [2.05, 4.69) is 20.6 Å². The normalized spacial score (nSPS) is 10.5. The minimum Gasteiger partial charge on any atom is -0.504 e. The monoisotopic (exact) mass is 436 g/mol.